The summed E-state index contributed by atoms with van der Waals surface area (Å²) in [5.74, 6) is -0.0812. The van der Waals surface area contributed by atoms with Crippen LogP contribution in [0.4, 0.5) is 5.69 Å². The van der Waals surface area contributed by atoms with Gasteiger partial charge in [0.05, 0.1) is 22.3 Å². The van der Waals surface area contributed by atoms with Crippen LogP contribution >= 0.6 is 0 Å². The molecule has 33 heavy (non-hydrogen) atoms. The van der Waals surface area contributed by atoms with E-state index in [0.717, 1.165) is 48.4 Å². The van der Waals surface area contributed by atoms with Crippen LogP contribution in [0.3, 0.4) is 0 Å². The van der Waals surface area contributed by atoms with Gasteiger partial charge in [-0.05, 0) is 63.4 Å². The van der Waals surface area contributed by atoms with Gasteiger partial charge >= 0.3 is 0 Å². The minimum Gasteiger partial charge on any atom is -0.370 e. The van der Waals surface area contributed by atoms with Crippen LogP contribution in [0.25, 0.3) is 16.7 Å². The largest absolute Gasteiger partial charge is 0.370 e. The number of hydrogen-bond donors (Lipinski definition) is 1. The number of carbonyl (C=O) groups excluding carboxylic acids is 1. The minimum absolute atomic E-state index is 0.0812. The first-order chi connectivity index (χ1) is 16.0. The van der Waals surface area contributed by atoms with Crippen molar-refractivity contribution in [2.45, 2.75) is 33.6 Å². The zero-order valence-electron chi connectivity index (χ0n) is 19.4. The Kier molecular flexibility index (Phi) is 5.58. The average Bonchev–Trinajstić information content (AvgIpc) is 3.15. The van der Waals surface area contributed by atoms with E-state index >= 15 is 0 Å². The molecule has 1 aliphatic heterocycles. The Morgan fingerprint density at radius 2 is 1.85 bits per heavy atom. The van der Waals surface area contributed by atoms with Gasteiger partial charge in [0.15, 0.2) is 5.65 Å². The minimum atomic E-state index is -0.0812. The van der Waals surface area contributed by atoms with E-state index in [1.54, 1.807) is 0 Å². The summed E-state index contributed by atoms with van der Waals surface area (Å²) < 4.78 is 1.83. The van der Waals surface area contributed by atoms with Crippen LogP contribution < -0.4 is 10.2 Å². The molecule has 6 nitrogen and oxygen atoms in total. The second kappa shape index (κ2) is 8.70. The molecule has 0 aliphatic carbocycles. The van der Waals surface area contributed by atoms with Crippen LogP contribution in [-0.4, -0.2) is 40.3 Å². The summed E-state index contributed by atoms with van der Waals surface area (Å²) in [6.45, 7) is 8.31. The summed E-state index contributed by atoms with van der Waals surface area (Å²) in [6, 6.07) is 18.6. The van der Waals surface area contributed by atoms with Gasteiger partial charge in [-0.1, -0.05) is 35.9 Å². The quantitative estimate of drug-likeness (QED) is 0.496. The third-order valence-electron chi connectivity index (χ3n) is 6.34. The molecule has 1 aliphatic rings. The molecule has 5 rings (SSSR count). The van der Waals surface area contributed by atoms with Crippen LogP contribution in [0, 0.1) is 20.8 Å². The summed E-state index contributed by atoms with van der Waals surface area (Å²) in [5.41, 5.74) is 7.74. The van der Waals surface area contributed by atoms with E-state index in [1.165, 1.54) is 16.8 Å². The Hall–Kier alpha value is -3.67. The van der Waals surface area contributed by atoms with Crippen molar-refractivity contribution in [3.63, 3.8) is 0 Å². The summed E-state index contributed by atoms with van der Waals surface area (Å²) in [4.78, 5) is 20.3. The Balaban J connectivity index is 1.38. The summed E-state index contributed by atoms with van der Waals surface area (Å²) in [5, 5.41) is 8.66. The molecule has 1 N–H and O–H groups in total. The highest BCUT2D eigenvalue weighted by Crippen LogP contribution is 2.27. The smallest absolute Gasteiger partial charge is 0.252 e. The van der Waals surface area contributed by atoms with Gasteiger partial charge in [0.2, 0.25) is 0 Å². The summed E-state index contributed by atoms with van der Waals surface area (Å²) in [6.07, 6.45) is 2.27. The maximum Gasteiger partial charge on any atom is 0.252 e. The lowest BCUT2D eigenvalue weighted by molar-refractivity contribution is 0.0956. The molecule has 0 radical (unpaired) electrons. The molecule has 6 heteroatoms. The maximum atomic E-state index is 13.2. The topological polar surface area (TPSA) is 63.1 Å². The zero-order chi connectivity index (χ0) is 22.9. The van der Waals surface area contributed by atoms with E-state index in [4.69, 9.17) is 10.1 Å². The number of amides is 1. The van der Waals surface area contributed by atoms with E-state index in [0.29, 0.717) is 17.8 Å². The maximum absolute atomic E-state index is 13.2. The van der Waals surface area contributed by atoms with Crippen molar-refractivity contribution >= 4 is 22.6 Å². The van der Waals surface area contributed by atoms with Gasteiger partial charge in [0.25, 0.3) is 5.91 Å². The lowest BCUT2D eigenvalue weighted by Gasteiger charge is -2.31. The van der Waals surface area contributed by atoms with Crippen LogP contribution in [0.2, 0.25) is 0 Å². The van der Waals surface area contributed by atoms with Crippen molar-refractivity contribution in [3.8, 4) is 5.69 Å². The van der Waals surface area contributed by atoms with Crippen LogP contribution in [0.15, 0.2) is 54.6 Å². The van der Waals surface area contributed by atoms with Gasteiger partial charge in [-0.2, -0.15) is 5.10 Å². The van der Waals surface area contributed by atoms with E-state index in [9.17, 15) is 4.79 Å². The van der Waals surface area contributed by atoms with Crippen LogP contribution in [0.1, 0.15) is 39.3 Å². The molecule has 0 saturated heterocycles. The van der Waals surface area contributed by atoms with Crippen molar-refractivity contribution in [1.82, 2.24) is 20.1 Å². The number of nitrogens with zero attached hydrogens (tertiary/aromatic N) is 4. The average molecular weight is 440 g/mol. The SMILES string of the molecule is Cc1ccc(-n2nc(C)c3c(C(=O)NCCN4CCCc5ccccc54)cc(C)nc32)cc1. The molecule has 0 saturated carbocycles. The molecular formula is C27H29N5O. The fourth-order valence-corrected chi connectivity index (χ4v) is 4.70. The van der Waals surface area contributed by atoms with Gasteiger partial charge in [0.1, 0.15) is 0 Å². The highest BCUT2D eigenvalue weighted by Gasteiger charge is 2.20. The van der Waals surface area contributed by atoms with Crippen molar-refractivity contribution < 1.29 is 4.79 Å². The van der Waals surface area contributed by atoms with E-state index in [-0.39, 0.29) is 5.91 Å². The van der Waals surface area contributed by atoms with Crippen molar-refractivity contribution in [1.29, 1.82) is 0 Å². The second-order valence-corrected chi connectivity index (χ2v) is 8.82. The number of carbonyl (C=O) groups is 1. The molecule has 3 heterocycles. The van der Waals surface area contributed by atoms with Gasteiger partial charge in [-0.25, -0.2) is 9.67 Å². The lowest BCUT2D eigenvalue weighted by Crippen LogP contribution is -2.37. The molecule has 1 amide bonds. The van der Waals surface area contributed by atoms with E-state index in [2.05, 4.69) is 53.5 Å². The first kappa shape index (κ1) is 21.2. The molecule has 0 bridgehead atoms. The molecule has 2 aromatic carbocycles. The third-order valence-corrected chi connectivity index (χ3v) is 6.34. The molecule has 4 aromatic rings. The van der Waals surface area contributed by atoms with Gasteiger partial charge in [0, 0.05) is 31.0 Å². The molecule has 0 fully saturated rings. The number of aryl methyl sites for hydroxylation is 4. The van der Waals surface area contributed by atoms with Crippen molar-refractivity contribution in [2.24, 2.45) is 0 Å². The second-order valence-electron chi connectivity index (χ2n) is 8.82. The molecule has 2 aromatic heterocycles. The Bertz CT molecular complexity index is 1320. The van der Waals surface area contributed by atoms with Crippen LogP contribution in [0.5, 0.6) is 0 Å². The number of aromatic nitrogens is 3. The number of para-hydroxylation sites is 1. The zero-order valence-corrected chi connectivity index (χ0v) is 19.4. The van der Waals surface area contributed by atoms with Crippen molar-refractivity contribution in [3.05, 3.63) is 82.7 Å². The standard InChI is InChI=1S/C27H29N5O/c1-18-10-12-22(13-11-18)32-26-25(20(3)30-32)23(17-19(2)29-26)27(33)28-14-16-31-15-6-8-21-7-4-5-9-24(21)31/h4-5,7,9-13,17H,6,8,14-16H2,1-3H3,(H,28,33). The molecule has 0 atom stereocenters. The number of rotatable bonds is 5. The Labute approximate surface area is 194 Å². The van der Waals surface area contributed by atoms with E-state index < -0.39 is 0 Å². The Morgan fingerprint density at radius 1 is 1.06 bits per heavy atom. The fraction of sp³-hybridized carbons (Fsp3) is 0.296. The molecule has 0 spiro atoms. The number of anilines is 1. The van der Waals surface area contributed by atoms with E-state index in [1.807, 2.05) is 36.7 Å². The predicted octanol–water partition coefficient (Wildman–Crippen LogP) is 4.53. The van der Waals surface area contributed by atoms with Gasteiger partial charge in [-0.3, -0.25) is 4.79 Å². The third kappa shape index (κ3) is 4.09. The molecule has 0 unspecified atom stereocenters. The lowest BCUT2D eigenvalue weighted by atomic mass is 10.0. The first-order valence-corrected chi connectivity index (χ1v) is 11.6. The highest BCUT2D eigenvalue weighted by molar-refractivity contribution is 6.06. The van der Waals surface area contributed by atoms with Gasteiger partial charge in [-0.15, -0.1) is 0 Å². The molecule has 168 valence electrons. The number of pyridine rings is 1. The van der Waals surface area contributed by atoms with Crippen molar-refractivity contribution in [2.75, 3.05) is 24.5 Å². The number of nitrogens with one attached hydrogen (secondary N) is 1. The monoisotopic (exact) mass is 439 g/mol. The molecular weight excluding hydrogens is 410 g/mol. The summed E-state index contributed by atoms with van der Waals surface area (Å²) in [7, 11) is 0. The number of benzene rings is 2. The predicted molar refractivity (Wildman–Crippen MR) is 132 cm³/mol. The summed E-state index contributed by atoms with van der Waals surface area (Å²) >= 11 is 0. The highest BCUT2D eigenvalue weighted by atomic mass is 16.1. The van der Waals surface area contributed by atoms with Crippen LogP contribution in [-0.2, 0) is 6.42 Å². The normalized spacial score (nSPS) is 13.2. The first-order valence-electron chi connectivity index (χ1n) is 11.6. The number of hydrogen-bond acceptors (Lipinski definition) is 4. The fourth-order valence-electron chi connectivity index (χ4n) is 4.70. The Morgan fingerprint density at radius 3 is 2.67 bits per heavy atom. The number of fused-ring (bicyclic) bond motifs is 2. The van der Waals surface area contributed by atoms with Gasteiger partial charge < -0.3 is 10.2 Å².